The van der Waals surface area contributed by atoms with Gasteiger partial charge >= 0.3 is 0 Å². The molecule has 1 aliphatic rings. The number of carbonyl (C=O) groups is 1. The largest absolute Gasteiger partial charge is 0.346 e. The summed E-state index contributed by atoms with van der Waals surface area (Å²) in [5, 5.41) is 3.10. The van der Waals surface area contributed by atoms with Gasteiger partial charge in [0.05, 0.1) is 24.5 Å². The summed E-state index contributed by atoms with van der Waals surface area (Å²) in [6, 6.07) is 19.4. The van der Waals surface area contributed by atoms with E-state index in [4.69, 9.17) is 0 Å². The molecule has 0 fully saturated rings. The number of benzene rings is 3. The van der Waals surface area contributed by atoms with E-state index in [1.54, 1.807) is 12.1 Å². The summed E-state index contributed by atoms with van der Waals surface area (Å²) in [5.41, 5.74) is 7.97. The standard InChI is InChI=1S/C29H34N2O3S/c1-20-15-21(2)17-28(16-20)31(35(4,33)34)19-23-9-11-25(12-10-23)29(32)30-22(3)26-14-13-24-7-5-6-8-27(24)18-26/h9-18,22H,5-8,19H2,1-4H3,(H,30,32). The van der Waals surface area contributed by atoms with E-state index in [1.807, 2.05) is 51.1 Å². The first kappa shape index (κ1) is 25.0. The molecule has 184 valence electrons. The van der Waals surface area contributed by atoms with Gasteiger partial charge in [-0.25, -0.2) is 8.42 Å². The summed E-state index contributed by atoms with van der Waals surface area (Å²) in [7, 11) is -3.48. The maximum atomic E-state index is 12.9. The Balaban J connectivity index is 1.46. The van der Waals surface area contributed by atoms with Gasteiger partial charge in [0.1, 0.15) is 0 Å². The lowest BCUT2D eigenvalue weighted by molar-refractivity contribution is 0.0940. The third kappa shape index (κ3) is 6.12. The van der Waals surface area contributed by atoms with Gasteiger partial charge in [-0.05, 0) is 104 Å². The number of aryl methyl sites for hydroxylation is 4. The Bertz CT molecular complexity index is 1310. The van der Waals surface area contributed by atoms with Gasteiger partial charge in [-0.1, -0.05) is 36.4 Å². The number of sulfonamides is 1. The fraction of sp³-hybridized carbons (Fsp3) is 0.345. The summed E-state index contributed by atoms with van der Waals surface area (Å²) in [4.78, 5) is 12.9. The summed E-state index contributed by atoms with van der Waals surface area (Å²) < 4.78 is 26.5. The zero-order valence-electron chi connectivity index (χ0n) is 21.0. The zero-order valence-corrected chi connectivity index (χ0v) is 21.8. The molecule has 0 radical (unpaired) electrons. The fourth-order valence-electron chi connectivity index (χ4n) is 4.81. The van der Waals surface area contributed by atoms with Crippen molar-refractivity contribution in [1.82, 2.24) is 5.32 Å². The molecule has 0 aromatic heterocycles. The van der Waals surface area contributed by atoms with Crippen LogP contribution in [0.25, 0.3) is 0 Å². The maximum Gasteiger partial charge on any atom is 0.251 e. The van der Waals surface area contributed by atoms with Gasteiger partial charge in [-0.2, -0.15) is 0 Å². The van der Waals surface area contributed by atoms with E-state index in [-0.39, 0.29) is 18.5 Å². The van der Waals surface area contributed by atoms with Gasteiger partial charge in [0.15, 0.2) is 0 Å². The van der Waals surface area contributed by atoms with Crippen molar-refractivity contribution in [3.63, 3.8) is 0 Å². The van der Waals surface area contributed by atoms with Crippen LogP contribution in [0.2, 0.25) is 0 Å². The second kappa shape index (κ2) is 10.2. The Kier molecular flexibility index (Phi) is 7.31. The van der Waals surface area contributed by atoms with E-state index in [1.165, 1.54) is 34.5 Å². The molecule has 1 unspecified atom stereocenters. The SMILES string of the molecule is Cc1cc(C)cc(N(Cc2ccc(C(=O)NC(C)c3ccc4c(c3)CCCC4)cc2)S(C)(=O)=O)c1. The molecule has 1 aliphatic carbocycles. The second-order valence-electron chi connectivity index (χ2n) is 9.74. The number of amides is 1. The predicted molar refractivity (Wildman–Crippen MR) is 142 cm³/mol. The highest BCUT2D eigenvalue weighted by atomic mass is 32.2. The molecule has 4 rings (SSSR count). The van der Waals surface area contributed by atoms with Crippen LogP contribution in [-0.4, -0.2) is 20.6 Å². The van der Waals surface area contributed by atoms with Crippen LogP contribution in [0.5, 0.6) is 0 Å². The van der Waals surface area contributed by atoms with Crippen LogP contribution >= 0.6 is 0 Å². The highest BCUT2D eigenvalue weighted by molar-refractivity contribution is 7.92. The molecule has 0 spiro atoms. The molecule has 1 atom stereocenters. The summed E-state index contributed by atoms with van der Waals surface area (Å²) in [6.07, 6.45) is 5.94. The van der Waals surface area contributed by atoms with E-state index in [0.717, 1.165) is 35.1 Å². The van der Waals surface area contributed by atoms with Crippen molar-refractivity contribution >= 4 is 21.6 Å². The average molecular weight is 491 g/mol. The van der Waals surface area contributed by atoms with Crippen molar-refractivity contribution in [2.45, 2.75) is 59.0 Å². The molecule has 0 saturated carbocycles. The summed E-state index contributed by atoms with van der Waals surface area (Å²) in [5.74, 6) is -0.143. The minimum atomic E-state index is -3.48. The average Bonchev–Trinajstić information content (AvgIpc) is 2.81. The first-order valence-electron chi connectivity index (χ1n) is 12.2. The molecule has 1 N–H and O–H groups in total. The minimum Gasteiger partial charge on any atom is -0.346 e. The lowest BCUT2D eigenvalue weighted by atomic mass is 9.89. The van der Waals surface area contributed by atoms with Crippen molar-refractivity contribution in [3.8, 4) is 0 Å². The molecule has 0 aliphatic heterocycles. The molecule has 0 saturated heterocycles. The van der Waals surface area contributed by atoms with Crippen LogP contribution in [0, 0.1) is 13.8 Å². The van der Waals surface area contributed by atoms with Crippen molar-refractivity contribution < 1.29 is 13.2 Å². The lowest BCUT2D eigenvalue weighted by Gasteiger charge is -2.23. The molecular weight excluding hydrogens is 456 g/mol. The van der Waals surface area contributed by atoms with Gasteiger partial charge in [0, 0.05) is 5.56 Å². The number of hydrogen-bond acceptors (Lipinski definition) is 3. The van der Waals surface area contributed by atoms with Crippen LogP contribution in [0.1, 0.15) is 69.5 Å². The first-order valence-corrected chi connectivity index (χ1v) is 14.0. The number of anilines is 1. The number of rotatable bonds is 7. The summed E-state index contributed by atoms with van der Waals surface area (Å²) in [6.45, 7) is 6.12. The van der Waals surface area contributed by atoms with Crippen LogP contribution in [0.4, 0.5) is 5.69 Å². The van der Waals surface area contributed by atoms with Crippen LogP contribution in [-0.2, 0) is 29.4 Å². The lowest BCUT2D eigenvalue weighted by Crippen LogP contribution is -2.29. The van der Waals surface area contributed by atoms with Crippen molar-refractivity contribution in [2.24, 2.45) is 0 Å². The topological polar surface area (TPSA) is 66.5 Å². The highest BCUT2D eigenvalue weighted by Crippen LogP contribution is 2.26. The van der Waals surface area contributed by atoms with Crippen LogP contribution < -0.4 is 9.62 Å². The second-order valence-corrected chi connectivity index (χ2v) is 11.6. The van der Waals surface area contributed by atoms with Gasteiger partial charge in [0.25, 0.3) is 5.91 Å². The molecule has 3 aromatic rings. The number of nitrogens with one attached hydrogen (secondary N) is 1. The van der Waals surface area contributed by atoms with E-state index in [2.05, 4.69) is 23.5 Å². The zero-order chi connectivity index (χ0) is 25.2. The molecule has 35 heavy (non-hydrogen) atoms. The monoisotopic (exact) mass is 490 g/mol. The Morgan fingerprint density at radius 2 is 1.54 bits per heavy atom. The first-order chi connectivity index (χ1) is 16.6. The minimum absolute atomic E-state index is 0.0975. The third-order valence-corrected chi connectivity index (χ3v) is 7.80. The molecule has 5 nitrogen and oxygen atoms in total. The Labute approximate surface area is 209 Å². The van der Waals surface area contributed by atoms with Gasteiger partial charge in [-0.3, -0.25) is 9.10 Å². The smallest absolute Gasteiger partial charge is 0.251 e. The normalized spacial score (nSPS) is 14.2. The highest BCUT2D eigenvalue weighted by Gasteiger charge is 2.19. The van der Waals surface area contributed by atoms with E-state index in [9.17, 15) is 13.2 Å². The van der Waals surface area contributed by atoms with E-state index >= 15 is 0 Å². The van der Waals surface area contributed by atoms with Crippen LogP contribution in [0.15, 0.2) is 60.7 Å². The number of hydrogen-bond donors (Lipinski definition) is 1. The Hall–Kier alpha value is -3.12. The number of nitrogens with zero attached hydrogens (tertiary/aromatic N) is 1. The van der Waals surface area contributed by atoms with Crippen molar-refractivity contribution in [3.05, 3.63) is 99.6 Å². The molecule has 1 amide bonds. The Morgan fingerprint density at radius 3 is 2.17 bits per heavy atom. The summed E-state index contributed by atoms with van der Waals surface area (Å²) >= 11 is 0. The molecule has 0 heterocycles. The van der Waals surface area contributed by atoms with Gasteiger partial charge in [-0.15, -0.1) is 0 Å². The maximum absolute atomic E-state index is 12.9. The Morgan fingerprint density at radius 1 is 0.914 bits per heavy atom. The third-order valence-electron chi connectivity index (χ3n) is 6.66. The van der Waals surface area contributed by atoms with Gasteiger partial charge in [0.2, 0.25) is 10.0 Å². The van der Waals surface area contributed by atoms with E-state index in [0.29, 0.717) is 11.3 Å². The van der Waals surface area contributed by atoms with Crippen molar-refractivity contribution in [2.75, 3.05) is 10.6 Å². The molecular formula is C29H34N2O3S. The molecule has 6 heteroatoms. The molecule has 0 bridgehead atoms. The number of fused-ring (bicyclic) bond motifs is 1. The van der Waals surface area contributed by atoms with Crippen molar-refractivity contribution in [1.29, 1.82) is 0 Å². The fourth-order valence-corrected chi connectivity index (χ4v) is 5.68. The quantitative estimate of drug-likeness (QED) is 0.466. The van der Waals surface area contributed by atoms with Crippen LogP contribution in [0.3, 0.4) is 0 Å². The van der Waals surface area contributed by atoms with E-state index < -0.39 is 10.0 Å². The van der Waals surface area contributed by atoms with Gasteiger partial charge < -0.3 is 5.32 Å². The number of carbonyl (C=O) groups excluding carboxylic acids is 1. The molecule has 3 aromatic carbocycles. The predicted octanol–water partition coefficient (Wildman–Crippen LogP) is 5.64.